The molecule has 1 aromatic heterocycles. The van der Waals surface area contributed by atoms with Crippen LogP contribution in [0.15, 0.2) is 55.1 Å². The first kappa shape index (κ1) is 13.8. The van der Waals surface area contributed by atoms with Gasteiger partial charge in [-0.05, 0) is 36.4 Å². The molecule has 0 saturated heterocycles. The molecule has 2 aromatic carbocycles. The van der Waals surface area contributed by atoms with Crippen molar-refractivity contribution in [2.75, 3.05) is 0 Å². The minimum atomic E-state index is -0.113. The Labute approximate surface area is 127 Å². The first-order valence-electron chi connectivity index (χ1n) is 6.80. The number of allylic oxidation sites excluding steroid dienone is 1. The highest BCUT2D eigenvalue weighted by molar-refractivity contribution is 6.15. The van der Waals surface area contributed by atoms with Crippen molar-refractivity contribution >= 4 is 22.5 Å². The third kappa shape index (κ3) is 2.19. The fourth-order valence-electron chi connectivity index (χ4n) is 2.34. The van der Waals surface area contributed by atoms with Crippen molar-refractivity contribution in [1.82, 2.24) is 9.55 Å². The van der Waals surface area contributed by atoms with Crippen LogP contribution in [0.25, 0.3) is 28.1 Å². The molecule has 3 rings (SSSR count). The van der Waals surface area contributed by atoms with Gasteiger partial charge in [0.25, 0.3) is 0 Å². The Morgan fingerprint density at radius 2 is 1.86 bits per heavy atom. The van der Waals surface area contributed by atoms with E-state index in [9.17, 15) is 4.79 Å². The van der Waals surface area contributed by atoms with Crippen LogP contribution in [-0.4, -0.2) is 15.3 Å². The number of aromatic nitrogens is 2. The fourth-order valence-corrected chi connectivity index (χ4v) is 2.34. The van der Waals surface area contributed by atoms with E-state index in [0.29, 0.717) is 17.1 Å². The minimum absolute atomic E-state index is 0.113. The predicted octanol–water partition coefficient (Wildman–Crippen LogP) is 3.63. The molecule has 0 unspecified atom stereocenters. The van der Waals surface area contributed by atoms with Gasteiger partial charge < -0.3 is 0 Å². The molecule has 4 heteroatoms. The number of fused-ring (bicyclic) bond motifs is 1. The van der Waals surface area contributed by atoms with Gasteiger partial charge in [0.2, 0.25) is 0 Å². The van der Waals surface area contributed by atoms with Crippen LogP contribution in [0.2, 0.25) is 0 Å². The molecule has 4 nitrogen and oxygen atoms in total. The molecule has 22 heavy (non-hydrogen) atoms. The Kier molecular flexibility index (Phi) is 3.32. The van der Waals surface area contributed by atoms with Crippen molar-refractivity contribution in [1.29, 1.82) is 5.26 Å². The van der Waals surface area contributed by atoms with Crippen molar-refractivity contribution in [2.24, 2.45) is 0 Å². The van der Waals surface area contributed by atoms with E-state index >= 15 is 0 Å². The number of imidazole rings is 1. The van der Waals surface area contributed by atoms with Crippen molar-refractivity contribution < 1.29 is 4.79 Å². The lowest BCUT2D eigenvalue weighted by atomic mass is 10.1. The largest absolute Gasteiger partial charge is 0.293 e. The summed E-state index contributed by atoms with van der Waals surface area (Å²) in [5, 5.41) is 8.90. The van der Waals surface area contributed by atoms with Crippen LogP contribution in [0, 0.1) is 11.3 Å². The predicted molar refractivity (Wildman–Crippen MR) is 85.9 cm³/mol. The Morgan fingerprint density at radius 1 is 1.18 bits per heavy atom. The number of carbonyl (C=O) groups excluding carboxylic acids is 1. The molecular weight excluding hydrogens is 274 g/mol. The molecule has 106 valence electrons. The molecule has 3 aromatic rings. The third-order valence-electron chi connectivity index (χ3n) is 3.51. The lowest BCUT2D eigenvalue weighted by molar-refractivity contribution is -0.112. The first-order chi connectivity index (χ1) is 10.6. The van der Waals surface area contributed by atoms with Gasteiger partial charge in [-0.3, -0.25) is 9.36 Å². The van der Waals surface area contributed by atoms with Crippen LogP contribution in [0.3, 0.4) is 0 Å². The molecule has 0 aliphatic heterocycles. The van der Waals surface area contributed by atoms with E-state index in [1.54, 1.807) is 16.7 Å². The molecule has 0 atom stereocenters. The summed E-state index contributed by atoms with van der Waals surface area (Å²) in [5.41, 5.74) is 3.41. The number of ketones is 1. The standard InChI is InChI=1S/C18H13N3O/c1-12(13(2)22)21-17-6-4-3-5-16(17)20-18(21)15-9-7-14(11-19)8-10-15/h3-10H,1H2,2H3. The summed E-state index contributed by atoms with van der Waals surface area (Å²) in [4.78, 5) is 16.4. The van der Waals surface area contributed by atoms with Crippen LogP contribution in [0.5, 0.6) is 0 Å². The van der Waals surface area contributed by atoms with Gasteiger partial charge in [0, 0.05) is 12.5 Å². The Morgan fingerprint density at radius 3 is 2.50 bits per heavy atom. The molecule has 0 bridgehead atoms. The topological polar surface area (TPSA) is 58.7 Å². The molecular formula is C18H13N3O. The van der Waals surface area contributed by atoms with Crippen LogP contribution >= 0.6 is 0 Å². The number of nitrogens with zero attached hydrogens (tertiary/aromatic N) is 3. The molecule has 0 N–H and O–H groups in total. The smallest absolute Gasteiger partial charge is 0.175 e. The van der Waals surface area contributed by atoms with Gasteiger partial charge >= 0.3 is 0 Å². The highest BCUT2D eigenvalue weighted by atomic mass is 16.1. The van der Waals surface area contributed by atoms with Crippen molar-refractivity contribution in [3.63, 3.8) is 0 Å². The maximum absolute atomic E-state index is 11.8. The second-order valence-electron chi connectivity index (χ2n) is 4.95. The lowest BCUT2D eigenvalue weighted by Gasteiger charge is -2.09. The molecule has 1 heterocycles. The van der Waals surface area contributed by atoms with Gasteiger partial charge in [-0.15, -0.1) is 0 Å². The maximum atomic E-state index is 11.8. The fraction of sp³-hybridized carbons (Fsp3) is 0.0556. The third-order valence-corrected chi connectivity index (χ3v) is 3.51. The van der Waals surface area contributed by atoms with Crippen molar-refractivity contribution in [3.05, 3.63) is 60.7 Å². The van der Waals surface area contributed by atoms with Gasteiger partial charge in [-0.25, -0.2) is 4.98 Å². The number of rotatable bonds is 3. The van der Waals surface area contributed by atoms with Crippen LogP contribution in [0.1, 0.15) is 12.5 Å². The zero-order valence-electron chi connectivity index (χ0n) is 12.1. The normalized spacial score (nSPS) is 10.4. The molecule has 0 saturated carbocycles. The van der Waals surface area contributed by atoms with Crippen molar-refractivity contribution in [3.8, 4) is 17.5 Å². The molecule has 0 fully saturated rings. The Bertz CT molecular complexity index is 927. The molecule has 0 radical (unpaired) electrons. The SMILES string of the molecule is C=C(C(C)=O)n1c(-c2ccc(C#N)cc2)nc2ccccc21. The molecule has 0 spiro atoms. The van der Waals surface area contributed by atoms with Crippen molar-refractivity contribution in [2.45, 2.75) is 6.92 Å². The first-order valence-corrected chi connectivity index (χ1v) is 6.80. The summed E-state index contributed by atoms with van der Waals surface area (Å²) < 4.78 is 1.76. The summed E-state index contributed by atoms with van der Waals surface area (Å²) in [5.74, 6) is 0.531. The van der Waals surface area contributed by atoms with Gasteiger partial charge in [-0.2, -0.15) is 5.26 Å². The zero-order valence-corrected chi connectivity index (χ0v) is 12.1. The van der Waals surface area contributed by atoms with Gasteiger partial charge in [0.1, 0.15) is 5.82 Å². The monoisotopic (exact) mass is 287 g/mol. The number of Topliss-reactive ketones (excluding diaryl/α,β-unsaturated/α-hetero) is 1. The number of carbonyl (C=O) groups is 1. The van der Waals surface area contributed by atoms with E-state index in [1.807, 2.05) is 36.4 Å². The summed E-state index contributed by atoms with van der Waals surface area (Å²) in [6.45, 7) is 5.37. The average molecular weight is 287 g/mol. The van der Waals surface area contributed by atoms with Gasteiger partial charge in [0.05, 0.1) is 28.4 Å². The number of hydrogen-bond acceptors (Lipinski definition) is 3. The van der Waals surface area contributed by atoms with E-state index in [2.05, 4.69) is 17.6 Å². The highest BCUT2D eigenvalue weighted by Crippen LogP contribution is 2.28. The maximum Gasteiger partial charge on any atom is 0.175 e. The van der Waals surface area contributed by atoms with E-state index < -0.39 is 0 Å². The number of nitriles is 1. The van der Waals surface area contributed by atoms with E-state index in [-0.39, 0.29) is 5.78 Å². The van der Waals surface area contributed by atoms with E-state index in [0.717, 1.165) is 16.6 Å². The summed E-state index contributed by atoms with van der Waals surface area (Å²) in [6, 6.07) is 16.8. The zero-order chi connectivity index (χ0) is 15.7. The second kappa shape index (κ2) is 5.30. The second-order valence-corrected chi connectivity index (χ2v) is 4.95. The number of para-hydroxylation sites is 2. The van der Waals surface area contributed by atoms with Crippen LogP contribution in [0.4, 0.5) is 0 Å². The summed E-state index contributed by atoms with van der Waals surface area (Å²) >= 11 is 0. The molecule has 0 aliphatic carbocycles. The van der Waals surface area contributed by atoms with Gasteiger partial charge in [-0.1, -0.05) is 18.7 Å². The van der Waals surface area contributed by atoms with E-state index in [4.69, 9.17) is 5.26 Å². The van der Waals surface area contributed by atoms with Gasteiger partial charge in [0.15, 0.2) is 5.78 Å². The summed E-state index contributed by atoms with van der Waals surface area (Å²) in [7, 11) is 0. The lowest BCUT2D eigenvalue weighted by Crippen LogP contribution is -2.05. The van der Waals surface area contributed by atoms with E-state index in [1.165, 1.54) is 6.92 Å². The average Bonchev–Trinajstić information content (AvgIpc) is 2.93. The Balaban J connectivity index is 2.28. The number of hydrogen-bond donors (Lipinski definition) is 0. The molecule has 0 aliphatic rings. The molecule has 0 amide bonds. The quantitative estimate of drug-likeness (QED) is 0.691. The Hall–Kier alpha value is -3.19. The highest BCUT2D eigenvalue weighted by Gasteiger charge is 2.16. The van der Waals surface area contributed by atoms with Crippen LogP contribution < -0.4 is 0 Å². The summed E-state index contributed by atoms with van der Waals surface area (Å²) in [6.07, 6.45) is 0. The number of benzene rings is 2. The minimum Gasteiger partial charge on any atom is -0.293 e. The van der Waals surface area contributed by atoms with Crippen LogP contribution in [-0.2, 0) is 4.79 Å².